The maximum Gasteiger partial charge on any atom is 0.276 e. The minimum atomic E-state index is 0.321. The third-order valence-corrected chi connectivity index (χ3v) is 5.09. The molecule has 2 aromatic heterocycles. The molecule has 162 valence electrons. The van der Waals surface area contributed by atoms with Gasteiger partial charge in [0.1, 0.15) is 11.4 Å². The zero-order valence-electron chi connectivity index (χ0n) is 17.6. The number of para-hydroxylation sites is 2. The Morgan fingerprint density at radius 3 is 2.68 bits per heavy atom. The van der Waals surface area contributed by atoms with Gasteiger partial charge in [0, 0.05) is 51.9 Å². The number of nitrogens with one attached hydrogen (secondary N) is 1. The summed E-state index contributed by atoms with van der Waals surface area (Å²) in [5, 5.41) is 17.5. The molecule has 0 atom stereocenters. The normalized spacial score (nSPS) is 14.7. The second kappa shape index (κ2) is 9.92. The summed E-state index contributed by atoms with van der Waals surface area (Å²) in [6.07, 6.45) is 2.29. The number of nitrogens with zero attached hydrogens (tertiary/aromatic N) is 6. The molecule has 3 aromatic rings. The summed E-state index contributed by atoms with van der Waals surface area (Å²) < 4.78 is 5.31. The third-order valence-electron chi connectivity index (χ3n) is 5.09. The molecule has 0 unspecified atom stereocenters. The van der Waals surface area contributed by atoms with Crippen LogP contribution in [0.15, 0.2) is 58.2 Å². The van der Waals surface area contributed by atoms with E-state index in [1.807, 2.05) is 36.4 Å². The van der Waals surface area contributed by atoms with Crippen molar-refractivity contribution in [2.24, 2.45) is 4.99 Å². The van der Waals surface area contributed by atoms with Gasteiger partial charge in [-0.2, -0.15) is 4.98 Å². The molecule has 1 aromatic carbocycles. The number of anilines is 1. The second-order valence-electron chi connectivity index (χ2n) is 7.18. The molecule has 0 aliphatic carbocycles. The van der Waals surface area contributed by atoms with Gasteiger partial charge in [0.05, 0.1) is 5.69 Å². The lowest BCUT2D eigenvalue weighted by Gasteiger charge is -2.37. The largest absolute Gasteiger partial charge is 0.506 e. The van der Waals surface area contributed by atoms with Crippen LogP contribution in [-0.2, 0) is 6.42 Å². The Bertz CT molecular complexity index is 998. The quantitative estimate of drug-likeness (QED) is 0.461. The van der Waals surface area contributed by atoms with E-state index < -0.39 is 0 Å². The lowest BCUT2D eigenvalue weighted by atomic mass is 10.2. The van der Waals surface area contributed by atoms with Crippen LogP contribution in [0.4, 0.5) is 5.69 Å². The van der Waals surface area contributed by atoms with Gasteiger partial charge in [-0.15, -0.1) is 0 Å². The number of hydrogen-bond donors (Lipinski definition) is 2. The molecular formula is C22H27N7O2. The molecule has 1 saturated heterocycles. The standard InChI is InChI=1S/C22H27N7O2/c1-2-23-22(29-15-13-28(14-16-29)18-8-3-4-9-19(18)30)25-12-10-20-26-21(31-27-20)17-7-5-6-11-24-17/h3-9,11,30H,2,10,12-16H2,1H3,(H,23,25). The first-order valence-electron chi connectivity index (χ1n) is 10.5. The lowest BCUT2D eigenvalue weighted by molar-refractivity contribution is 0.369. The van der Waals surface area contributed by atoms with Crippen LogP contribution in [-0.4, -0.2) is 70.4 Å². The number of hydrogen-bond acceptors (Lipinski definition) is 7. The van der Waals surface area contributed by atoms with Crippen molar-refractivity contribution in [1.29, 1.82) is 0 Å². The number of phenolic OH excluding ortho intramolecular Hbond substituents is 1. The van der Waals surface area contributed by atoms with Gasteiger partial charge in [0.15, 0.2) is 11.8 Å². The minimum absolute atomic E-state index is 0.321. The molecular weight excluding hydrogens is 394 g/mol. The number of benzene rings is 1. The van der Waals surface area contributed by atoms with Crippen molar-refractivity contribution in [1.82, 2.24) is 25.3 Å². The van der Waals surface area contributed by atoms with Crippen molar-refractivity contribution in [2.75, 3.05) is 44.2 Å². The number of aromatic nitrogens is 3. The Hall–Kier alpha value is -3.62. The highest BCUT2D eigenvalue weighted by atomic mass is 16.5. The van der Waals surface area contributed by atoms with Crippen LogP contribution >= 0.6 is 0 Å². The van der Waals surface area contributed by atoms with Crippen LogP contribution in [0.2, 0.25) is 0 Å². The first-order valence-corrected chi connectivity index (χ1v) is 10.5. The molecule has 4 rings (SSSR count). The first-order chi connectivity index (χ1) is 15.2. The summed E-state index contributed by atoms with van der Waals surface area (Å²) >= 11 is 0. The van der Waals surface area contributed by atoms with Crippen LogP contribution in [0.3, 0.4) is 0 Å². The van der Waals surface area contributed by atoms with Gasteiger partial charge in [-0.25, -0.2) is 0 Å². The fraction of sp³-hybridized carbons (Fsp3) is 0.364. The van der Waals surface area contributed by atoms with Gasteiger partial charge >= 0.3 is 0 Å². The Kier molecular flexibility index (Phi) is 6.61. The van der Waals surface area contributed by atoms with E-state index in [0.29, 0.717) is 36.1 Å². The fourth-order valence-electron chi connectivity index (χ4n) is 3.53. The van der Waals surface area contributed by atoms with Crippen molar-refractivity contribution in [2.45, 2.75) is 13.3 Å². The van der Waals surface area contributed by atoms with Gasteiger partial charge in [0.2, 0.25) is 0 Å². The predicted octanol–water partition coefficient (Wildman–Crippen LogP) is 2.17. The highest BCUT2D eigenvalue weighted by Gasteiger charge is 2.21. The van der Waals surface area contributed by atoms with E-state index in [0.717, 1.165) is 44.4 Å². The summed E-state index contributed by atoms with van der Waals surface area (Å²) in [6, 6.07) is 13.0. The Labute approximate surface area is 181 Å². The number of phenols is 1. The molecule has 9 nitrogen and oxygen atoms in total. The molecule has 0 amide bonds. The number of aromatic hydroxyl groups is 1. The van der Waals surface area contributed by atoms with Gasteiger partial charge < -0.3 is 24.7 Å². The maximum absolute atomic E-state index is 10.1. The van der Waals surface area contributed by atoms with Crippen LogP contribution < -0.4 is 10.2 Å². The van der Waals surface area contributed by atoms with Crippen LogP contribution in [0.5, 0.6) is 5.75 Å². The SMILES string of the molecule is CCNC(=NCCc1noc(-c2ccccn2)n1)N1CCN(c2ccccc2O)CC1. The summed E-state index contributed by atoms with van der Waals surface area (Å²) in [4.78, 5) is 17.8. The van der Waals surface area contributed by atoms with Crippen LogP contribution in [0, 0.1) is 0 Å². The van der Waals surface area contributed by atoms with Gasteiger partial charge in [-0.1, -0.05) is 23.4 Å². The summed E-state index contributed by atoms with van der Waals surface area (Å²) in [5.74, 6) is 2.24. The average Bonchev–Trinajstić information content (AvgIpc) is 3.29. The molecule has 1 fully saturated rings. The first kappa shape index (κ1) is 20.6. The molecule has 0 bridgehead atoms. The number of aliphatic imine (C=N–C) groups is 1. The molecule has 0 radical (unpaired) electrons. The van der Waals surface area contributed by atoms with Crippen molar-refractivity contribution in [3.05, 3.63) is 54.5 Å². The fourth-order valence-corrected chi connectivity index (χ4v) is 3.53. The van der Waals surface area contributed by atoms with Crippen molar-refractivity contribution in [3.8, 4) is 17.3 Å². The summed E-state index contributed by atoms with van der Waals surface area (Å²) in [5.41, 5.74) is 1.55. The maximum atomic E-state index is 10.1. The van der Waals surface area contributed by atoms with E-state index in [1.165, 1.54) is 0 Å². The number of rotatable bonds is 6. The minimum Gasteiger partial charge on any atom is -0.506 e. The number of pyridine rings is 1. The Morgan fingerprint density at radius 2 is 1.94 bits per heavy atom. The van der Waals surface area contributed by atoms with Gasteiger partial charge in [-0.05, 0) is 31.2 Å². The average molecular weight is 422 g/mol. The number of piperazine rings is 1. The highest BCUT2D eigenvalue weighted by Crippen LogP contribution is 2.27. The van der Waals surface area contributed by atoms with Crippen molar-refractivity contribution < 1.29 is 9.63 Å². The molecule has 3 heterocycles. The van der Waals surface area contributed by atoms with Gasteiger partial charge in [0.25, 0.3) is 5.89 Å². The molecule has 0 spiro atoms. The van der Waals surface area contributed by atoms with Crippen molar-refractivity contribution >= 4 is 11.6 Å². The molecule has 2 N–H and O–H groups in total. The van der Waals surface area contributed by atoms with Gasteiger partial charge in [-0.3, -0.25) is 9.98 Å². The molecule has 31 heavy (non-hydrogen) atoms. The van der Waals surface area contributed by atoms with E-state index in [-0.39, 0.29) is 0 Å². The Morgan fingerprint density at radius 1 is 1.13 bits per heavy atom. The molecule has 9 heteroatoms. The summed E-state index contributed by atoms with van der Waals surface area (Å²) in [7, 11) is 0. The van der Waals surface area contributed by atoms with E-state index >= 15 is 0 Å². The Balaban J connectivity index is 1.34. The number of guanidine groups is 1. The van der Waals surface area contributed by atoms with Crippen LogP contribution in [0.25, 0.3) is 11.6 Å². The van der Waals surface area contributed by atoms with E-state index in [2.05, 4.69) is 37.2 Å². The zero-order valence-corrected chi connectivity index (χ0v) is 17.6. The smallest absolute Gasteiger partial charge is 0.276 e. The van der Waals surface area contributed by atoms with Crippen LogP contribution in [0.1, 0.15) is 12.7 Å². The third kappa shape index (κ3) is 5.11. The van der Waals surface area contributed by atoms with Crippen molar-refractivity contribution in [3.63, 3.8) is 0 Å². The predicted molar refractivity (Wildman–Crippen MR) is 119 cm³/mol. The van der Waals surface area contributed by atoms with E-state index in [1.54, 1.807) is 12.3 Å². The van der Waals surface area contributed by atoms with E-state index in [4.69, 9.17) is 9.52 Å². The molecule has 1 aliphatic heterocycles. The molecule has 1 aliphatic rings. The zero-order chi connectivity index (χ0) is 21.5. The topological polar surface area (TPSA) is 103 Å². The highest BCUT2D eigenvalue weighted by molar-refractivity contribution is 5.80. The molecule has 0 saturated carbocycles. The van der Waals surface area contributed by atoms with E-state index in [9.17, 15) is 5.11 Å². The monoisotopic (exact) mass is 421 g/mol. The lowest BCUT2D eigenvalue weighted by Crippen LogP contribution is -2.52. The second-order valence-corrected chi connectivity index (χ2v) is 7.18. The summed E-state index contributed by atoms with van der Waals surface area (Å²) in [6.45, 7) is 6.71.